The summed E-state index contributed by atoms with van der Waals surface area (Å²) in [5.74, 6) is -0.646. The molecule has 1 aromatic carbocycles. The van der Waals surface area contributed by atoms with Gasteiger partial charge in [-0.15, -0.1) is 0 Å². The standard InChI is InChI=1S/C18H22N2O7/c1-25-12-5-3-4-10-15(12)9(6-14(19)22)8-20(10)17-16(23)11(21)7-13(27-17)18(24)26-2/h3-5,8,11,13,16-17,21,23H,6-7H2,1-2H3,(H2,19,22)/t11-,13-,16-,17-/m0/s1. The Morgan fingerprint density at radius 2 is 2.07 bits per heavy atom. The van der Waals surface area contributed by atoms with Crippen molar-refractivity contribution in [1.82, 2.24) is 4.57 Å². The molecule has 4 N–H and O–H groups in total. The first kappa shape index (κ1) is 19.2. The van der Waals surface area contributed by atoms with Gasteiger partial charge in [0.05, 0.1) is 32.3 Å². The Bertz CT molecular complexity index is 863. The van der Waals surface area contributed by atoms with Crippen LogP contribution in [0.2, 0.25) is 0 Å². The molecular formula is C18H22N2O7. The maximum Gasteiger partial charge on any atom is 0.335 e. The van der Waals surface area contributed by atoms with Crippen LogP contribution in [0, 0.1) is 0 Å². The first-order valence-corrected chi connectivity index (χ1v) is 8.41. The Kier molecular flexibility index (Phi) is 5.36. The second kappa shape index (κ2) is 7.55. The fraction of sp³-hybridized carbons (Fsp3) is 0.444. The zero-order valence-electron chi connectivity index (χ0n) is 15.0. The summed E-state index contributed by atoms with van der Waals surface area (Å²) in [4.78, 5) is 23.4. The van der Waals surface area contributed by atoms with Crippen LogP contribution < -0.4 is 10.5 Å². The van der Waals surface area contributed by atoms with Crippen LogP contribution in [0.5, 0.6) is 5.75 Å². The Morgan fingerprint density at radius 3 is 2.70 bits per heavy atom. The van der Waals surface area contributed by atoms with Gasteiger partial charge in [-0.25, -0.2) is 4.79 Å². The molecule has 1 aliphatic heterocycles. The molecule has 0 saturated carbocycles. The summed E-state index contributed by atoms with van der Waals surface area (Å²) in [5, 5.41) is 21.3. The van der Waals surface area contributed by atoms with E-state index in [1.165, 1.54) is 14.2 Å². The van der Waals surface area contributed by atoms with Crippen LogP contribution >= 0.6 is 0 Å². The molecule has 1 amide bonds. The summed E-state index contributed by atoms with van der Waals surface area (Å²) in [7, 11) is 2.72. The topological polar surface area (TPSA) is 133 Å². The van der Waals surface area contributed by atoms with Crippen molar-refractivity contribution in [2.24, 2.45) is 5.73 Å². The minimum Gasteiger partial charge on any atom is -0.496 e. The number of methoxy groups -OCH3 is 2. The lowest BCUT2D eigenvalue weighted by Crippen LogP contribution is -2.48. The van der Waals surface area contributed by atoms with E-state index in [4.69, 9.17) is 19.9 Å². The molecule has 2 heterocycles. The van der Waals surface area contributed by atoms with Gasteiger partial charge in [0.1, 0.15) is 11.9 Å². The average Bonchev–Trinajstić information content (AvgIpc) is 3.01. The molecular weight excluding hydrogens is 356 g/mol. The molecule has 0 unspecified atom stereocenters. The summed E-state index contributed by atoms with van der Waals surface area (Å²) in [6.45, 7) is 0. The number of carbonyl (C=O) groups is 2. The number of hydrogen-bond donors (Lipinski definition) is 3. The Morgan fingerprint density at radius 1 is 1.33 bits per heavy atom. The van der Waals surface area contributed by atoms with Crippen molar-refractivity contribution in [3.05, 3.63) is 30.0 Å². The lowest BCUT2D eigenvalue weighted by atomic mass is 10.0. The van der Waals surface area contributed by atoms with Gasteiger partial charge in [-0.3, -0.25) is 4.79 Å². The van der Waals surface area contributed by atoms with E-state index in [1.807, 2.05) is 0 Å². The summed E-state index contributed by atoms with van der Waals surface area (Å²) in [6.07, 6.45) is -3.07. The fourth-order valence-corrected chi connectivity index (χ4v) is 3.43. The highest BCUT2D eigenvalue weighted by Gasteiger charge is 2.41. The van der Waals surface area contributed by atoms with Gasteiger partial charge < -0.3 is 34.7 Å². The second-order valence-corrected chi connectivity index (χ2v) is 6.39. The third-order valence-electron chi connectivity index (χ3n) is 4.67. The van der Waals surface area contributed by atoms with E-state index in [0.717, 1.165) is 0 Å². The van der Waals surface area contributed by atoms with Crippen molar-refractivity contribution in [2.75, 3.05) is 14.2 Å². The molecule has 0 radical (unpaired) electrons. The SMILES string of the molecule is COC(=O)[C@@H]1C[C@H](O)[C@H](O)[C@@H](n2cc(CC(N)=O)c3c(OC)cccc32)O1. The van der Waals surface area contributed by atoms with E-state index < -0.39 is 36.4 Å². The summed E-state index contributed by atoms with van der Waals surface area (Å²) in [5.41, 5.74) is 6.54. The number of benzene rings is 1. The average molecular weight is 378 g/mol. The van der Waals surface area contributed by atoms with Gasteiger partial charge in [0.2, 0.25) is 5.91 Å². The fourth-order valence-electron chi connectivity index (χ4n) is 3.43. The normalized spacial score (nSPS) is 25.3. The number of amides is 1. The summed E-state index contributed by atoms with van der Waals surface area (Å²) < 4.78 is 17.4. The Labute approximate surface area is 155 Å². The predicted molar refractivity (Wildman–Crippen MR) is 93.9 cm³/mol. The smallest absolute Gasteiger partial charge is 0.335 e. The number of hydrogen-bond acceptors (Lipinski definition) is 7. The number of nitrogens with two attached hydrogens (primary N) is 1. The van der Waals surface area contributed by atoms with Gasteiger partial charge in [0.25, 0.3) is 0 Å². The van der Waals surface area contributed by atoms with Crippen molar-refractivity contribution < 1.29 is 34.0 Å². The van der Waals surface area contributed by atoms with Crippen LogP contribution in [0.3, 0.4) is 0 Å². The number of aliphatic hydroxyl groups is 2. The third kappa shape index (κ3) is 3.48. The molecule has 1 fully saturated rings. The van der Waals surface area contributed by atoms with Crippen molar-refractivity contribution >= 4 is 22.8 Å². The van der Waals surface area contributed by atoms with Gasteiger partial charge in [-0.2, -0.15) is 0 Å². The van der Waals surface area contributed by atoms with Crippen LogP contribution in [-0.2, 0) is 25.5 Å². The number of fused-ring (bicyclic) bond motifs is 1. The second-order valence-electron chi connectivity index (χ2n) is 6.39. The molecule has 9 heteroatoms. The molecule has 0 spiro atoms. The minimum absolute atomic E-state index is 0.0460. The summed E-state index contributed by atoms with van der Waals surface area (Å²) in [6, 6.07) is 5.24. The van der Waals surface area contributed by atoms with Gasteiger partial charge >= 0.3 is 5.97 Å². The highest BCUT2D eigenvalue weighted by atomic mass is 16.6. The zero-order chi connectivity index (χ0) is 19.7. The molecule has 0 aliphatic carbocycles. The van der Waals surface area contributed by atoms with Crippen LogP contribution in [0.25, 0.3) is 10.9 Å². The number of aromatic nitrogens is 1. The number of primary amides is 1. The monoisotopic (exact) mass is 378 g/mol. The van der Waals surface area contributed by atoms with E-state index in [-0.39, 0.29) is 12.8 Å². The lowest BCUT2D eigenvalue weighted by molar-refractivity contribution is -0.209. The van der Waals surface area contributed by atoms with Crippen LogP contribution in [0.1, 0.15) is 18.2 Å². The molecule has 4 atom stereocenters. The van der Waals surface area contributed by atoms with Crippen LogP contribution in [-0.4, -0.2) is 59.2 Å². The Hall–Kier alpha value is -2.62. The maximum absolute atomic E-state index is 11.9. The lowest BCUT2D eigenvalue weighted by Gasteiger charge is -2.36. The first-order chi connectivity index (χ1) is 12.9. The zero-order valence-corrected chi connectivity index (χ0v) is 15.0. The van der Waals surface area contributed by atoms with E-state index >= 15 is 0 Å². The number of ether oxygens (including phenoxy) is 3. The molecule has 1 saturated heterocycles. The number of rotatable bonds is 5. The highest BCUT2D eigenvalue weighted by Crippen LogP contribution is 2.36. The molecule has 0 bridgehead atoms. The highest BCUT2D eigenvalue weighted by molar-refractivity contribution is 5.93. The van der Waals surface area contributed by atoms with Crippen LogP contribution in [0.4, 0.5) is 0 Å². The minimum atomic E-state index is -1.28. The van der Waals surface area contributed by atoms with E-state index in [9.17, 15) is 19.8 Å². The van der Waals surface area contributed by atoms with E-state index in [1.54, 1.807) is 29.0 Å². The van der Waals surface area contributed by atoms with Gasteiger partial charge in [0.15, 0.2) is 12.3 Å². The van der Waals surface area contributed by atoms with Gasteiger partial charge in [-0.1, -0.05) is 6.07 Å². The largest absolute Gasteiger partial charge is 0.496 e. The predicted octanol–water partition coefficient (Wildman–Crippen LogP) is -0.140. The molecule has 27 heavy (non-hydrogen) atoms. The van der Waals surface area contributed by atoms with E-state index in [2.05, 4.69) is 0 Å². The molecule has 3 rings (SSSR count). The van der Waals surface area contributed by atoms with Crippen molar-refractivity contribution in [1.29, 1.82) is 0 Å². The Balaban J connectivity index is 2.12. The van der Waals surface area contributed by atoms with E-state index in [0.29, 0.717) is 22.2 Å². The third-order valence-corrected chi connectivity index (χ3v) is 4.67. The molecule has 9 nitrogen and oxygen atoms in total. The van der Waals surface area contributed by atoms with Crippen molar-refractivity contribution in [2.45, 2.75) is 37.4 Å². The molecule has 1 aromatic heterocycles. The maximum atomic E-state index is 11.9. The number of aliphatic hydroxyl groups excluding tert-OH is 2. The molecule has 2 aromatic rings. The first-order valence-electron chi connectivity index (χ1n) is 8.41. The number of carbonyl (C=O) groups excluding carboxylic acids is 2. The quantitative estimate of drug-likeness (QED) is 0.617. The van der Waals surface area contributed by atoms with Gasteiger partial charge in [-0.05, 0) is 17.7 Å². The number of esters is 1. The molecule has 1 aliphatic rings. The van der Waals surface area contributed by atoms with Gasteiger partial charge in [0, 0.05) is 18.0 Å². The van der Waals surface area contributed by atoms with Crippen LogP contribution in [0.15, 0.2) is 24.4 Å². The number of nitrogens with zero attached hydrogens (tertiary/aromatic N) is 1. The summed E-state index contributed by atoms with van der Waals surface area (Å²) >= 11 is 0. The van der Waals surface area contributed by atoms with Crippen molar-refractivity contribution in [3.8, 4) is 5.75 Å². The van der Waals surface area contributed by atoms with Crippen molar-refractivity contribution in [3.63, 3.8) is 0 Å². The molecule has 146 valence electrons.